The van der Waals surface area contributed by atoms with E-state index >= 15 is 0 Å². The minimum Gasteiger partial charge on any atom is -0.392 e. The van der Waals surface area contributed by atoms with Crippen LogP contribution in [0.1, 0.15) is 104 Å². The molecule has 2 fully saturated rings. The van der Waals surface area contributed by atoms with Gasteiger partial charge in [-0.15, -0.1) is 35.9 Å². The van der Waals surface area contributed by atoms with Gasteiger partial charge in [-0.05, 0) is 76.8 Å². The van der Waals surface area contributed by atoms with Crippen LogP contribution in [-0.2, 0) is 20.1 Å². The van der Waals surface area contributed by atoms with Crippen LogP contribution in [0.15, 0.2) is 54.7 Å². The zero-order valence-corrected chi connectivity index (χ0v) is 29.1. The van der Waals surface area contributed by atoms with Crippen molar-refractivity contribution in [3.8, 4) is 11.3 Å². The average molecular weight is 749 g/mol. The number of aliphatic hydroxyl groups excluding tert-OH is 2. The molecular weight excluding hydrogens is 695 g/mol. The molecule has 5 rings (SSSR count). The molecule has 2 aliphatic rings. The van der Waals surface area contributed by atoms with Crippen LogP contribution < -0.4 is 0 Å². The van der Waals surface area contributed by atoms with E-state index < -0.39 is 0 Å². The zero-order chi connectivity index (χ0) is 29.5. The molecule has 42 heavy (non-hydrogen) atoms. The fourth-order valence-corrected chi connectivity index (χ4v) is 8.07. The molecule has 2 N–H and O–H groups in total. The van der Waals surface area contributed by atoms with Gasteiger partial charge in [0, 0.05) is 32.2 Å². The van der Waals surface area contributed by atoms with Crippen molar-refractivity contribution in [2.45, 2.75) is 111 Å². The molecule has 5 unspecified atom stereocenters. The molecule has 2 saturated carbocycles. The second-order valence-corrected chi connectivity index (χ2v) is 13.1. The third-order valence-corrected chi connectivity index (χ3v) is 10.6. The van der Waals surface area contributed by atoms with Gasteiger partial charge in [0.2, 0.25) is 0 Å². The Labute approximate surface area is 269 Å². The number of rotatable bonds is 8. The molecule has 1 aromatic heterocycles. The molecule has 1 radical (unpaired) electrons. The Bertz CT molecular complexity index is 1210. The SMILES string of the molecule is CC(C)c1ccc2cnc(-c3[c-]cccc3)cc2c1.CCC(CC)C1CCCC2C[C@H](C(CC)CC)C(O)C2C1O.[Ir]. The second kappa shape index (κ2) is 16.5. The van der Waals surface area contributed by atoms with Gasteiger partial charge in [-0.3, -0.25) is 0 Å². The first-order valence-corrected chi connectivity index (χ1v) is 16.6. The van der Waals surface area contributed by atoms with E-state index in [0.29, 0.717) is 35.5 Å². The van der Waals surface area contributed by atoms with Gasteiger partial charge < -0.3 is 15.2 Å². The van der Waals surface area contributed by atoms with E-state index in [1.807, 2.05) is 30.5 Å². The van der Waals surface area contributed by atoms with Crippen LogP contribution in [0.5, 0.6) is 0 Å². The van der Waals surface area contributed by atoms with Crippen LogP contribution in [-0.4, -0.2) is 27.4 Å². The quantitative estimate of drug-likeness (QED) is 0.226. The molecule has 0 bridgehead atoms. The van der Waals surface area contributed by atoms with Crippen molar-refractivity contribution < 1.29 is 30.3 Å². The Morgan fingerprint density at radius 1 is 0.833 bits per heavy atom. The van der Waals surface area contributed by atoms with Crippen molar-refractivity contribution in [3.63, 3.8) is 0 Å². The molecule has 3 aromatic rings. The molecule has 0 aliphatic heterocycles. The van der Waals surface area contributed by atoms with Crippen molar-refractivity contribution in [1.29, 1.82) is 0 Å². The number of nitrogens with zero attached hydrogens (tertiary/aromatic N) is 1. The van der Waals surface area contributed by atoms with Crippen molar-refractivity contribution in [2.24, 2.45) is 35.5 Å². The molecule has 3 nitrogen and oxygen atoms in total. The first-order chi connectivity index (χ1) is 19.8. The van der Waals surface area contributed by atoms with Crippen molar-refractivity contribution in [2.75, 3.05) is 0 Å². The summed E-state index contributed by atoms with van der Waals surface area (Å²) >= 11 is 0. The fourth-order valence-electron chi connectivity index (χ4n) is 8.07. The number of benzene rings is 2. The minimum absolute atomic E-state index is 0. The van der Waals surface area contributed by atoms with E-state index in [-0.39, 0.29) is 38.2 Å². The molecule has 233 valence electrons. The van der Waals surface area contributed by atoms with Gasteiger partial charge in [0.15, 0.2) is 0 Å². The Kier molecular flexibility index (Phi) is 13.7. The van der Waals surface area contributed by atoms with Crippen LogP contribution in [0.25, 0.3) is 22.0 Å². The van der Waals surface area contributed by atoms with Gasteiger partial charge in [0.1, 0.15) is 0 Å². The first-order valence-electron chi connectivity index (χ1n) is 16.6. The average Bonchev–Trinajstić information content (AvgIpc) is 3.23. The van der Waals surface area contributed by atoms with Gasteiger partial charge in [-0.1, -0.05) is 97.9 Å². The summed E-state index contributed by atoms with van der Waals surface area (Å²) < 4.78 is 0. The maximum atomic E-state index is 11.1. The maximum absolute atomic E-state index is 11.1. The van der Waals surface area contributed by atoms with E-state index in [9.17, 15) is 10.2 Å². The summed E-state index contributed by atoms with van der Waals surface area (Å²) in [4.78, 5) is 4.52. The van der Waals surface area contributed by atoms with Crippen LogP contribution in [0, 0.1) is 41.6 Å². The Morgan fingerprint density at radius 3 is 2.12 bits per heavy atom. The summed E-state index contributed by atoms with van der Waals surface area (Å²) in [6.07, 6.45) is 10.8. The van der Waals surface area contributed by atoms with Gasteiger partial charge in [-0.2, -0.15) is 0 Å². The van der Waals surface area contributed by atoms with Crippen molar-refractivity contribution >= 4 is 10.8 Å². The number of fused-ring (bicyclic) bond motifs is 2. The third-order valence-electron chi connectivity index (χ3n) is 10.6. The van der Waals surface area contributed by atoms with E-state index in [2.05, 4.69) is 76.9 Å². The smallest absolute Gasteiger partial charge is 0.0626 e. The van der Waals surface area contributed by atoms with E-state index in [1.54, 1.807) is 0 Å². The normalized spacial score (nSPS) is 25.6. The topological polar surface area (TPSA) is 53.4 Å². The number of aromatic nitrogens is 1. The van der Waals surface area contributed by atoms with Gasteiger partial charge in [-0.25, -0.2) is 0 Å². The van der Waals surface area contributed by atoms with Crippen LogP contribution >= 0.6 is 0 Å². The predicted octanol–water partition coefficient (Wildman–Crippen LogP) is 9.46. The van der Waals surface area contributed by atoms with Crippen LogP contribution in [0.4, 0.5) is 0 Å². The Balaban J connectivity index is 0.000000227. The first kappa shape index (κ1) is 34.9. The number of aliphatic hydroxyl groups is 2. The molecule has 0 spiro atoms. The Hall–Kier alpha value is -1.58. The molecule has 0 amide bonds. The summed E-state index contributed by atoms with van der Waals surface area (Å²) in [5, 5.41) is 24.5. The molecule has 2 aromatic carbocycles. The fraction of sp³-hybridized carbons (Fsp3) is 0.605. The van der Waals surface area contributed by atoms with E-state index in [4.69, 9.17) is 0 Å². The largest absolute Gasteiger partial charge is 0.392 e. The van der Waals surface area contributed by atoms with Crippen molar-refractivity contribution in [1.82, 2.24) is 4.98 Å². The van der Waals surface area contributed by atoms with E-state index in [1.165, 1.54) is 29.2 Å². The number of pyridine rings is 1. The molecule has 2 aliphatic carbocycles. The van der Waals surface area contributed by atoms with Gasteiger partial charge >= 0.3 is 0 Å². The number of hydrogen-bond donors (Lipinski definition) is 2. The summed E-state index contributed by atoms with van der Waals surface area (Å²) in [6.45, 7) is 13.4. The summed E-state index contributed by atoms with van der Waals surface area (Å²) in [7, 11) is 0. The van der Waals surface area contributed by atoms with E-state index in [0.717, 1.165) is 49.8 Å². The molecule has 6 atom stereocenters. The van der Waals surface area contributed by atoms with Gasteiger partial charge in [0.05, 0.1) is 12.2 Å². The molecular formula is C38H54IrNO2-. The monoisotopic (exact) mass is 749 g/mol. The molecule has 4 heteroatoms. The predicted molar refractivity (Wildman–Crippen MR) is 173 cm³/mol. The standard InChI is InChI=1S/C20H38O2.C18H16N.Ir/c1-5-13(6-2)16-11-9-10-15-12-17(14(7-3)8-4)20(22)18(15)19(16)21;1-13(2)15-8-9-16-12-19-18(11-17(16)10-15)14-6-4-3-5-7-14;/h13-22H,5-12H2,1-4H3;3-6,8-13H,1-2H3;/q;-1;/t15?,16?,17-,18?,19?,20?;;/m1../s1. The zero-order valence-electron chi connectivity index (χ0n) is 26.7. The van der Waals surface area contributed by atoms with Crippen LogP contribution in [0.2, 0.25) is 0 Å². The summed E-state index contributed by atoms with van der Waals surface area (Å²) in [5.74, 6) is 3.30. The molecule has 1 heterocycles. The van der Waals surface area contributed by atoms with Gasteiger partial charge in [0.25, 0.3) is 0 Å². The summed E-state index contributed by atoms with van der Waals surface area (Å²) in [5.41, 5.74) is 3.38. The van der Waals surface area contributed by atoms with Crippen molar-refractivity contribution in [3.05, 3.63) is 66.4 Å². The molecule has 0 saturated heterocycles. The van der Waals surface area contributed by atoms with Crippen LogP contribution in [0.3, 0.4) is 0 Å². The Morgan fingerprint density at radius 2 is 1.50 bits per heavy atom. The number of hydrogen-bond acceptors (Lipinski definition) is 3. The summed E-state index contributed by atoms with van der Waals surface area (Å²) in [6, 6.07) is 19.9. The third kappa shape index (κ3) is 7.92. The maximum Gasteiger partial charge on any atom is 0.0626 e. The second-order valence-electron chi connectivity index (χ2n) is 13.1. The minimum atomic E-state index is -0.285.